The number of halogens is 1. The lowest BCUT2D eigenvalue weighted by atomic mass is 10.1. The fourth-order valence-electron chi connectivity index (χ4n) is 2.57. The van der Waals surface area contributed by atoms with Gasteiger partial charge in [0, 0.05) is 17.3 Å². The van der Waals surface area contributed by atoms with Crippen LogP contribution in [0.4, 0.5) is 17.1 Å². The summed E-state index contributed by atoms with van der Waals surface area (Å²) in [5.41, 5.74) is 2.84. The Balaban J connectivity index is 1.67. The molecule has 3 aromatic rings. The highest BCUT2D eigenvalue weighted by atomic mass is 35.5. The van der Waals surface area contributed by atoms with Gasteiger partial charge in [-0.1, -0.05) is 35.9 Å². The zero-order chi connectivity index (χ0) is 17.1. The molecule has 0 heterocycles. The standard InChI is InChI=1S/C19H17ClN2O2/c1-12-4-2-3-5-13(12)10-11-21-16-17(19(24)18(16)23)22-15-8-6-14(20)7-9-15/h2-9,21-22H,10-11H2,1H3. The largest absolute Gasteiger partial charge is 0.380 e. The van der Waals surface area contributed by atoms with E-state index in [4.69, 9.17) is 11.6 Å². The van der Waals surface area contributed by atoms with Gasteiger partial charge in [0.1, 0.15) is 11.4 Å². The number of hydrogen-bond donors (Lipinski definition) is 2. The zero-order valence-electron chi connectivity index (χ0n) is 13.2. The Bertz CT molecular complexity index is 925. The van der Waals surface area contributed by atoms with Crippen molar-refractivity contribution in [1.29, 1.82) is 0 Å². The van der Waals surface area contributed by atoms with Gasteiger partial charge < -0.3 is 10.6 Å². The second kappa shape index (κ2) is 6.89. The number of nitrogens with one attached hydrogen (secondary N) is 2. The van der Waals surface area contributed by atoms with Crippen LogP contribution in [0.5, 0.6) is 0 Å². The predicted octanol–water partition coefficient (Wildman–Crippen LogP) is 3.64. The van der Waals surface area contributed by atoms with E-state index in [1.165, 1.54) is 11.1 Å². The summed E-state index contributed by atoms with van der Waals surface area (Å²) in [7, 11) is 0. The lowest BCUT2D eigenvalue weighted by Gasteiger charge is -2.15. The Hall–Kier alpha value is -2.59. The van der Waals surface area contributed by atoms with Gasteiger partial charge in [0.05, 0.1) is 0 Å². The van der Waals surface area contributed by atoms with Crippen molar-refractivity contribution >= 4 is 28.7 Å². The first-order valence-electron chi connectivity index (χ1n) is 7.70. The molecule has 3 rings (SSSR count). The molecule has 0 spiro atoms. The molecule has 5 heteroatoms. The molecule has 0 aliphatic carbocycles. The molecule has 2 N–H and O–H groups in total. The lowest BCUT2D eigenvalue weighted by molar-refractivity contribution is 0.999. The van der Waals surface area contributed by atoms with Crippen LogP contribution < -0.4 is 21.5 Å². The molecule has 0 atom stereocenters. The maximum atomic E-state index is 11.8. The summed E-state index contributed by atoms with van der Waals surface area (Å²) < 4.78 is 0. The van der Waals surface area contributed by atoms with E-state index in [1.807, 2.05) is 12.1 Å². The highest BCUT2D eigenvalue weighted by molar-refractivity contribution is 6.30. The van der Waals surface area contributed by atoms with Gasteiger partial charge in [0.2, 0.25) is 0 Å². The van der Waals surface area contributed by atoms with Crippen molar-refractivity contribution in [2.45, 2.75) is 13.3 Å². The van der Waals surface area contributed by atoms with Crippen LogP contribution in [0.15, 0.2) is 58.1 Å². The molecule has 0 aliphatic rings. The minimum atomic E-state index is -0.497. The first-order chi connectivity index (χ1) is 11.6. The van der Waals surface area contributed by atoms with Crippen molar-refractivity contribution in [3.63, 3.8) is 0 Å². The van der Waals surface area contributed by atoms with E-state index >= 15 is 0 Å². The van der Waals surface area contributed by atoms with Crippen molar-refractivity contribution in [2.24, 2.45) is 0 Å². The molecule has 3 aromatic carbocycles. The lowest BCUT2D eigenvalue weighted by Crippen LogP contribution is -2.37. The quantitative estimate of drug-likeness (QED) is 0.673. The Labute approximate surface area is 144 Å². The van der Waals surface area contributed by atoms with Crippen LogP contribution in [-0.2, 0) is 6.42 Å². The molecular formula is C19H17ClN2O2. The third kappa shape index (κ3) is 3.34. The zero-order valence-corrected chi connectivity index (χ0v) is 14.0. The normalized spacial score (nSPS) is 10.8. The molecule has 0 saturated heterocycles. The van der Waals surface area contributed by atoms with E-state index in [-0.39, 0.29) is 0 Å². The molecule has 0 radical (unpaired) electrons. The molecule has 122 valence electrons. The minimum Gasteiger partial charge on any atom is -0.380 e. The molecule has 0 saturated carbocycles. The monoisotopic (exact) mass is 340 g/mol. The van der Waals surface area contributed by atoms with Crippen molar-refractivity contribution in [1.82, 2.24) is 0 Å². The molecule has 0 aromatic heterocycles. The summed E-state index contributed by atoms with van der Waals surface area (Å²) in [4.78, 5) is 23.6. The molecule has 0 unspecified atom stereocenters. The predicted molar refractivity (Wildman–Crippen MR) is 99.5 cm³/mol. The van der Waals surface area contributed by atoms with Crippen LogP contribution in [0.3, 0.4) is 0 Å². The SMILES string of the molecule is Cc1ccccc1CCNc1c(Nc2ccc(Cl)cc2)c(=O)c1=O. The summed E-state index contributed by atoms with van der Waals surface area (Å²) in [5, 5.41) is 6.67. The summed E-state index contributed by atoms with van der Waals surface area (Å²) in [6.45, 7) is 2.64. The van der Waals surface area contributed by atoms with Crippen molar-refractivity contribution in [2.75, 3.05) is 17.2 Å². The first-order valence-corrected chi connectivity index (χ1v) is 8.08. The molecule has 0 aliphatic heterocycles. The first kappa shape index (κ1) is 16.3. The van der Waals surface area contributed by atoms with E-state index in [1.54, 1.807) is 24.3 Å². The molecule has 0 bridgehead atoms. The third-order valence-corrected chi connectivity index (χ3v) is 4.23. The average Bonchev–Trinajstić information content (AvgIpc) is 2.60. The summed E-state index contributed by atoms with van der Waals surface area (Å²) >= 11 is 5.84. The molecule has 4 nitrogen and oxygen atoms in total. The number of benzene rings is 2. The Kier molecular flexibility index (Phi) is 4.67. The van der Waals surface area contributed by atoms with E-state index in [9.17, 15) is 9.59 Å². The van der Waals surface area contributed by atoms with E-state index in [0.29, 0.717) is 28.6 Å². The van der Waals surface area contributed by atoms with Gasteiger partial charge >= 0.3 is 0 Å². The highest BCUT2D eigenvalue weighted by Crippen LogP contribution is 2.22. The number of rotatable bonds is 6. The number of anilines is 3. The summed E-state index contributed by atoms with van der Waals surface area (Å²) in [6.07, 6.45) is 0.784. The van der Waals surface area contributed by atoms with Crippen LogP contribution in [-0.4, -0.2) is 6.54 Å². The molecule has 24 heavy (non-hydrogen) atoms. The molecule has 0 amide bonds. The average molecular weight is 341 g/mol. The highest BCUT2D eigenvalue weighted by Gasteiger charge is 2.20. The van der Waals surface area contributed by atoms with Crippen molar-refractivity contribution in [3.05, 3.63) is 85.1 Å². The fourth-order valence-corrected chi connectivity index (χ4v) is 2.70. The third-order valence-electron chi connectivity index (χ3n) is 3.98. The molecular weight excluding hydrogens is 324 g/mol. The van der Waals surface area contributed by atoms with Crippen molar-refractivity contribution < 1.29 is 0 Å². The van der Waals surface area contributed by atoms with Crippen molar-refractivity contribution in [3.8, 4) is 0 Å². The smallest absolute Gasteiger partial charge is 0.253 e. The summed E-state index contributed by atoms with van der Waals surface area (Å²) in [6, 6.07) is 15.1. The second-order valence-electron chi connectivity index (χ2n) is 5.64. The Morgan fingerprint density at radius 2 is 1.58 bits per heavy atom. The van der Waals surface area contributed by atoms with E-state index < -0.39 is 10.9 Å². The van der Waals surface area contributed by atoms with Crippen LogP contribution in [0.25, 0.3) is 0 Å². The fraction of sp³-hybridized carbons (Fsp3) is 0.158. The van der Waals surface area contributed by atoms with Crippen LogP contribution >= 0.6 is 11.6 Å². The van der Waals surface area contributed by atoms with Gasteiger partial charge in [-0.2, -0.15) is 0 Å². The van der Waals surface area contributed by atoms with Crippen LogP contribution in [0.1, 0.15) is 11.1 Å². The topological polar surface area (TPSA) is 58.2 Å². The number of hydrogen-bond acceptors (Lipinski definition) is 4. The van der Waals surface area contributed by atoms with Gasteiger partial charge in [-0.25, -0.2) is 0 Å². The Morgan fingerprint density at radius 1 is 0.917 bits per heavy atom. The van der Waals surface area contributed by atoms with Crippen LogP contribution in [0, 0.1) is 6.92 Å². The maximum absolute atomic E-state index is 11.8. The maximum Gasteiger partial charge on any atom is 0.253 e. The van der Waals surface area contributed by atoms with Gasteiger partial charge in [-0.05, 0) is 48.7 Å². The van der Waals surface area contributed by atoms with E-state index in [0.717, 1.165) is 6.42 Å². The van der Waals surface area contributed by atoms with Gasteiger partial charge in [0.25, 0.3) is 10.9 Å². The van der Waals surface area contributed by atoms with Crippen LogP contribution in [0.2, 0.25) is 5.02 Å². The summed E-state index contributed by atoms with van der Waals surface area (Å²) in [5.74, 6) is 0. The van der Waals surface area contributed by atoms with E-state index in [2.05, 4.69) is 29.7 Å². The second-order valence-corrected chi connectivity index (χ2v) is 6.08. The van der Waals surface area contributed by atoms with Gasteiger partial charge in [0.15, 0.2) is 0 Å². The van der Waals surface area contributed by atoms with Gasteiger partial charge in [-0.3, -0.25) is 9.59 Å². The minimum absolute atomic E-state index is 0.312. The van der Waals surface area contributed by atoms with Gasteiger partial charge in [-0.15, -0.1) is 0 Å². The number of aryl methyl sites for hydroxylation is 1. The Morgan fingerprint density at radius 3 is 2.29 bits per heavy atom. The molecule has 0 fully saturated rings.